The number of nitrogens with two attached hydrogens (primary N) is 1. The van der Waals surface area contributed by atoms with E-state index in [0.29, 0.717) is 6.54 Å². The maximum atomic E-state index is 5.54. The third-order valence-electron chi connectivity index (χ3n) is 2.38. The first-order chi connectivity index (χ1) is 6.81. The van der Waals surface area contributed by atoms with E-state index in [4.69, 9.17) is 5.73 Å². The minimum absolute atomic E-state index is 0.653. The van der Waals surface area contributed by atoms with Gasteiger partial charge in [-0.3, -0.25) is 4.98 Å². The van der Waals surface area contributed by atoms with E-state index in [0.717, 1.165) is 12.1 Å². The van der Waals surface area contributed by atoms with Gasteiger partial charge >= 0.3 is 0 Å². The SMILES string of the molecule is Cc1ccc2c(CCN)nccc2c1. The molecule has 2 aromatic rings. The lowest BCUT2D eigenvalue weighted by Crippen LogP contribution is -2.04. The van der Waals surface area contributed by atoms with Crippen LogP contribution in [0.15, 0.2) is 30.5 Å². The number of hydrogen-bond acceptors (Lipinski definition) is 2. The fourth-order valence-electron chi connectivity index (χ4n) is 1.70. The molecule has 72 valence electrons. The van der Waals surface area contributed by atoms with Gasteiger partial charge in [0.05, 0.1) is 0 Å². The average Bonchev–Trinajstić information content (AvgIpc) is 2.18. The third kappa shape index (κ3) is 1.61. The molecule has 2 nitrogen and oxygen atoms in total. The third-order valence-corrected chi connectivity index (χ3v) is 2.38. The van der Waals surface area contributed by atoms with Crippen LogP contribution in [-0.4, -0.2) is 11.5 Å². The highest BCUT2D eigenvalue weighted by atomic mass is 14.7. The maximum Gasteiger partial charge on any atom is 0.0494 e. The number of aryl methyl sites for hydroxylation is 1. The van der Waals surface area contributed by atoms with Gasteiger partial charge in [0.2, 0.25) is 0 Å². The lowest BCUT2D eigenvalue weighted by molar-refractivity contribution is 0.935. The molecule has 0 fully saturated rings. The molecular weight excluding hydrogens is 172 g/mol. The Balaban J connectivity index is 2.62. The van der Waals surface area contributed by atoms with Crippen LogP contribution < -0.4 is 5.73 Å². The van der Waals surface area contributed by atoms with Crippen molar-refractivity contribution in [2.45, 2.75) is 13.3 Å². The molecule has 0 unspecified atom stereocenters. The van der Waals surface area contributed by atoms with Gasteiger partial charge in [0.15, 0.2) is 0 Å². The fraction of sp³-hybridized carbons (Fsp3) is 0.250. The van der Waals surface area contributed by atoms with E-state index in [1.165, 1.54) is 16.3 Å². The number of rotatable bonds is 2. The maximum absolute atomic E-state index is 5.54. The predicted molar refractivity (Wildman–Crippen MR) is 59.2 cm³/mol. The van der Waals surface area contributed by atoms with Gasteiger partial charge in [0.25, 0.3) is 0 Å². The van der Waals surface area contributed by atoms with Gasteiger partial charge in [0, 0.05) is 23.7 Å². The summed E-state index contributed by atoms with van der Waals surface area (Å²) in [6.07, 6.45) is 2.70. The molecule has 2 rings (SSSR count). The van der Waals surface area contributed by atoms with Crippen molar-refractivity contribution in [2.75, 3.05) is 6.54 Å². The molecule has 0 aliphatic rings. The van der Waals surface area contributed by atoms with Crippen LogP contribution in [0.4, 0.5) is 0 Å². The Labute approximate surface area is 83.8 Å². The standard InChI is InChI=1S/C12H14N2/c1-9-2-3-11-10(8-9)5-7-14-12(11)4-6-13/h2-3,5,7-8H,4,6,13H2,1H3. The average molecular weight is 186 g/mol. The summed E-state index contributed by atoms with van der Waals surface area (Å²) in [7, 11) is 0. The zero-order valence-electron chi connectivity index (χ0n) is 8.33. The van der Waals surface area contributed by atoms with Crippen molar-refractivity contribution in [3.63, 3.8) is 0 Å². The van der Waals surface area contributed by atoms with Crippen molar-refractivity contribution in [3.05, 3.63) is 41.7 Å². The molecule has 1 aromatic carbocycles. The van der Waals surface area contributed by atoms with Gasteiger partial charge in [-0.15, -0.1) is 0 Å². The van der Waals surface area contributed by atoms with E-state index in [1.807, 2.05) is 12.3 Å². The molecule has 0 amide bonds. The Morgan fingerprint density at radius 3 is 2.93 bits per heavy atom. The van der Waals surface area contributed by atoms with Gasteiger partial charge in [-0.1, -0.05) is 23.8 Å². The highest BCUT2D eigenvalue weighted by Crippen LogP contribution is 2.18. The Morgan fingerprint density at radius 1 is 1.29 bits per heavy atom. The summed E-state index contributed by atoms with van der Waals surface area (Å²) in [5.41, 5.74) is 7.92. The van der Waals surface area contributed by atoms with Crippen molar-refractivity contribution in [1.29, 1.82) is 0 Å². The summed E-state index contributed by atoms with van der Waals surface area (Å²) in [6, 6.07) is 8.46. The molecule has 0 aliphatic carbocycles. The molecule has 0 atom stereocenters. The second-order valence-corrected chi connectivity index (χ2v) is 3.52. The minimum atomic E-state index is 0.653. The van der Waals surface area contributed by atoms with Gasteiger partial charge in [-0.05, 0) is 24.9 Å². The van der Waals surface area contributed by atoms with Crippen LogP contribution >= 0.6 is 0 Å². The van der Waals surface area contributed by atoms with Crippen molar-refractivity contribution >= 4 is 10.8 Å². The van der Waals surface area contributed by atoms with Crippen LogP contribution in [0.25, 0.3) is 10.8 Å². The normalized spacial score (nSPS) is 10.7. The van der Waals surface area contributed by atoms with Crippen molar-refractivity contribution < 1.29 is 0 Å². The molecule has 2 N–H and O–H groups in total. The van der Waals surface area contributed by atoms with E-state index in [2.05, 4.69) is 30.1 Å². The Kier molecular flexibility index (Phi) is 2.46. The van der Waals surface area contributed by atoms with Crippen LogP contribution in [-0.2, 0) is 6.42 Å². The first-order valence-corrected chi connectivity index (χ1v) is 4.85. The van der Waals surface area contributed by atoms with Crippen LogP contribution in [0.2, 0.25) is 0 Å². The van der Waals surface area contributed by atoms with Gasteiger partial charge < -0.3 is 5.73 Å². The second-order valence-electron chi connectivity index (χ2n) is 3.52. The van der Waals surface area contributed by atoms with E-state index < -0.39 is 0 Å². The first-order valence-electron chi connectivity index (χ1n) is 4.85. The van der Waals surface area contributed by atoms with Crippen molar-refractivity contribution in [3.8, 4) is 0 Å². The van der Waals surface area contributed by atoms with E-state index in [-0.39, 0.29) is 0 Å². The van der Waals surface area contributed by atoms with Gasteiger partial charge in [0.1, 0.15) is 0 Å². The molecule has 0 radical (unpaired) electrons. The first kappa shape index (κ1) is 9.16. The summed E-state index contributed by atoms with van der Waals surface area (Å²) in [4.78, 5) is 4.35. The number of aromatic nitrogens is 1. The molecule has 0 saturated carbocycles. The van der Waals surface area contributed by atoms with Crippen molar-refractivity contribution in [1.82, 2.24) is 4.98 Å². The summed E-state index contributed by atoms with van der Waals surface area (Å²) < 4.78 is 0. The Hall–Kier alpha value is -1.41. The molecule has 0 saturated heterocycles. The topological polar surface area (TPSA) is 38.9 Å². The Morgan fingerprint density at radius 2 is 2.14 bits per heavy atom. The lowest BCUT2D eigenvalue weighted by atomic mass is 10.1. The minimum Gasteiger partial charge on any atom is -0.330 e. The molecule has 0 bridgehead atoms. The highest BCUT2D eigenvalue weighted by Gasteiger charge is 2.00. The summed E-state index contributed by atoms with van der Waals surface area (Å²) in [5.74, 6) is 0. The quantitative estimate of drug-likeness (QED) is 0.779. The van der Waals surface area contributed by atoms with E-state index in [1.54, 1.807) is 0 Å². The predicted octanol–water partition coefficient (Wildman–Crippen LogP) is 2.04. The molecule has 1 heterocycles. The molecular formula is C12H14N2. The number of fused-ring (bicyclic) bond motifs is 1. The Bertz CT molecular complexity index is 449. The molecule has 0 spiro atoms. The highest BCUT2D eigenvalue weighted by molar-refractivity contribution is 5.84. The fourth-order valence-corrected chi connectivity index (χ4v) is 1.70. The zero-order valence-corrected chi connectivity index (χ0v) is 8.33. The second kappa shape index (κ2) is 3.76. The monoisotopic (exact) mass is 186 g/mol. The number of benzene rings is 1. The van der Waals surface area contributed by atoms with E-state index >= 15 is 0 Å². The molecule has 1 aromatic heterocycles. The zero-order chi connectivity index (χ0) is 9.97. The smallest absolute Gasteiger partial charge is 0.0494 e. The number of pyridine rings is 1. The van der Waals surface area contributed by atoms with Gasteiger partial charge in [-0.2, -0.15) is 0 Å². The lowest BCUT2D eigenvalue weighted by Gasteiger charge is -2.04. The summed E-state index contributed by atoms with van der Waals surface area (Å²) in [6.45, 7) is 2.75. The van der Waals surface area contributed by atoms with Gasteiger partial charge in [-0.25, -0.2) is 0 Å². The molecule has 14 heavy (non-hydrogen) atoms. The largest absolute Gasteiger partial charge is 0.330 e. The van der Waals surface area contributed by atoms with Crippen LogP contribution in [0, 0.1) is 6.92 Å². The van der Waals surface area contributed by atoms with Crippen molar-refractivity contribution in [2.24, 2.45) is 5.73 Å². The number of nitrogens with zero attached hydrogens (tertiary/aromatic N) is 1. The summed E-state index contributed by atoms with van der Waals surface area (Å²) in [5, 5.41) is 2.48. The number of hydrogen-bond donors (Lipinski definition) is 1. The van der Waals surface area contributed by atoms with Crippen LogP contribution in [0.3, 0.4) is 0 Å². The summed E-state index contributed by atoms with van der Waals surface area (Å²) >= 11 is 0. The van der Waals surface area contributed by atoms with E-state index in [9.17, 15) is 0 Å². The van der Waals surface area contributed by atoms with Crippen LogP contribution in [0.5, 0.6) is 0 Å². The van der Waals surface area contributed by atoms with Crippen LogP contribution in [0.1, 0.15) is 11.3 Å². The molecule has 0 aliphatic heterocycles. The molecule has 2 heteroatoms.